The summed E-state index contributed by atoms with van der Waals surface area (Å²) in [5, 5.41) is 7.98. The van der Waals surface area contributed by atoms with Crippen LogP contribution in [-0.2, 0) is 18.9 Å². The summed E-state index contributed by atoms with van der Waals surface area (Å²) in [6, 6.07) is 0. The van der Waals surface area contributed by atoms with Crippen molar-refractivity contribution in [3.63, 3.8) is 0 Å². The molecule has 0 unspecified atom stereocenters. The van der Waals surface area contributed by atoms with E-state index in [0.29, 0.717) is 0 Å². The molecule has 0 aliphatic heterocycles. The Kier molecular flexibility index (Phi) is 9.82. The second-order valence-corrected chi connectivity index (χ2v) is 7.28. The van der Waals surface area contributed by atoms with Gasteiger partial charge in [0.2, 0.25) is 0 Å². The molecule has 1 N–H and O–H groups in total. The quantitative estimate of drug-likeness (QED) is 0.204. The Morgan fingerprint density at radius 3 is 0.875 bits per heavy atom. The standard InChI is InChI=1S/C14H9F21O5/c1-4(15,16)7(5(2,17)18,9(23,24)39-12(29,30)13(31,32)40-14(33,34)35)8(21,22)38-11(27,28)10(25,26)37-6(19,20)3-36/h36H,3H2,1-2H3. The average Bonchev–Trinajstić information content (AvgIpc) is 2.52. The Morgan fingerprint density at radius 1 is 0.400 bits per heavy atom. The van der Waals surface area contributed by atoms with Crippen LogP contribution in [0.15, 0.2) is 0 Å². The molecule has 0 amide bonds. The molecule has 0 aromatic rings. The van der Waals surface area contributed by atoms with Crippen molar-refractivity contribution < 1.29 is 116 Å². The lowest BCUT2D eigenvalue weighted by Gasteiger charge is -2.50. The molecule has 0 aromatic carbocycles. The fourth-order valence-corrected chi connectivity index (χ4v) is 2.65. The van der Waals surface area contributed by atoms with Crippen molar-refractivity contribution in [2.45, 2.75) is 74.8 Å². The van der Waals surface area contributed by atoms with Crippen LogP contribution in [0.2, 0.25) is 0 Å². The van der Waals surface area contributed by atoms with Crippen LogP contribution < -0.4 is 0 Å². The summed E-state index contributed by atoms with van der Waals surface area (Å²) in [4.78, 5) is 0. The molecule has 0 heterocycles. The maximum Gasteiger partial charge on any atom is 0.527 e. The highest BCUT2D eigenvalue weighted by atomic mass is 19.4. The first kappa shape index (κ1) is 38.3. The lowest BCUT2D eigenvalue weighted by atomic mass is 9.73. The van der Waals surface area contributed by atoms with E-state index < -0.39 is 86.8 Å². The van der Waals surface area contributed by atoms with Gasteiger partial charge in [0, 0.05) is 13.8 Å². The second kappa shape index (κ2) is 10.3. The highest BCUT2D eigenvalue weighted by molar-refractivity contribution is 5.10. The number of ether oxygens (including phenoxy) is 4. The number of aliphatic hydroxyl groups is 1. The molecular formula is C14H9F21O5. The Bertz CT molecular complexity index is 856. The van der Waals surface area contributed by atoms with Crippen molar-refractivity contribution in [1.29, 1.82) is 0 Å². The van der Waals surface area contributed by atoms with Crippen LogP contribution in [0.1, 0.15) is 13.8 Å². The molecule has 0 aliphatic carbocycles. The lowest BCUT2D eigenvalue weighted by molar-refractivity contribution is -0.587. The fourth-order valence-electron chi connectivity index (χ4n) is 2.65. The van der Waals surface area contributed by atoms with Gasteiger partial charge in [0.05, 0.1) is 0 Å². The minimum atomic E-state index is -8.25. The van der Waals surface area contributed by atoms with Gasteiger partial charge >= 0.3 is 49.1 Å². The highest BCUT2D eigenvalue weighted by Crippen LogP contribution is 2.67. The molecule has 0 saturated carbocycles. The van der Waals surface area contributed by atoms with Gasteiger partial charge in [0.25, 0.3) is 17.3 Å². The fraction of sp³-hybridized carbons (Fsp3) is 1.00. The van der Waals surface area contributed by atoms with Crippen molar-refractivity contribution in [2.24, 2.45) is 5.41 Å². The number of aliphatic hydroxyl groups excluding tert-OH is 1. The Balaban J connectivity index is 7.30. The van der Waals surface area contributed by atoms with Crippen LogP contribution in [-0.4, -0.2) is 72.7 Å². The molecule has 5 nitrogen and oxygen atoms in total. The molecule has 26 heteroatoms. The average molecular weight is 656 g/mol. The van der Waals surface area contributed by atoms with Gasteiger partial charge in [-0.15, -0.1) is 13.2 Å². The Hall–Kier alpha value is -1.67. The number of hydrogen-bond acceptors (Lipinski definition) is 5. The summed E-state index contributed by atoms with van der Waals surface area (Å²) in [6.07, 6.45) is -60.0. The SMILES string of the molecule is CC(F)(F)C(C(C)(F)F)(C(F)(F)OC(F)(F)C(F)(F)OC(F)(F)F)C(F)(F)OC(F)(F)C(F)(F)OC(F)(F)CO. The van der Waals surface area contributed by atoms with Gasteiger partial charge in [-0.25, -0.2) is 36.5 Å². The number of halogens is 21. The predicted molar refractivity (Wildman–Crippen MR) is 75.8 cm³/mol. The first-order valence-corrected chi connectivity index (χ1v) is 8.77. The van der Waals surface area contributed by atoms with Crippen LogP contribution in [0.5, 0.6) is 0 Å². The highest BCUT2D eigenvalue weighted by Gasteiger charge is 2.92. The summed E-state index contributed by atoms with van der Waals surface area (Å²) in [5.41, 5.74) is -7.96. The van der Waals surface area contributed by atoms with Gasteiger partial charge in [0.15, 0.2) is 0 Å². The topological polar surface area (TPSA) is 57.2 Å². The van der Waals surface area contributed by atoms with Crippen LogP contribution in [0.25, 0.3) is 0 Å². The van der Waals surface area contributed by atoms with Crippen LogP contribution in [0.3, 0.4) is 0 Å². The molecule has 0 rings (SSSR count). The van der Waals surface area contributed by atoms with E-state index in [1.165, 1.54) is 9.47 Å². The summed E-state index contributed by atoms with van der Waals surface area (Å²) in [5.74, 6) is -14.1. The van der Waals surface area contributed by atoms with Crippen molar-refractivity contribution in [3.05, 3.63) is 0 Å². The van der Waals surface area contributed by atoms with Crippen molar-refractivity contribution in [2.75, 3.05) is 6.61 Å². The molecule has 0 fully saturated rings. The van der Waals surface area contributed by atoms with E-state index in [2.05, 4.69) is 0 Å². The molecule has 0 aliphatic rings. The van der Waals surface area contributed by atoms with E-state index in [4.69, 9.17) is 5.11 Å². The normalized spacial score (nSPS) is 16.5. The molecule has 242 valence electrons. The third-order valence-corrected chi connectivity index (χ3v) is 4.09. The summed E-state index contributed by atoms with van der Waals surface area (Å²) >= 11 is 0. The zero-order chi connectivity index (χ0) is 33.0. The molecule has 0 radical (unpaired) electrons. The monoisotopic (exact) mass is 656 g/mol. The minimum absolute atomic E-state index is 1.33. The smallest absolute Gasteiger partial charge is 0.387 e. The van der Waals surface area contributed by atoms with E-state index in [1.54, 1.807) is 4.74 Å². The third-order valence-electron chi connectivity index (χ3n) is 4.09. The maximum atomic E-state index is 14.4. The van der Waals surface area contributed by atoms with Crippen LogP contribution in [0, 0.1) is 5.41 Å². The van der Waals surface area contributed by atoms with E-state index in [-0.39, 0.29) is 0 Å². The second-order valence-electron chi connectivity index (χ2n) is 7.28. The van der Waals surface area contributed by atoms with Crippen LogP contribution in [0.4, 0.5) is 92.2 Å². The van der Waals surface area contributed by atoms with Gasteiger partial charge in [-0.1, -0.05) is 0 Å². The van der Waals surface area contributed by atoms with E-state index >= 15 is 0 Å². The number of hydrogen-bond donors (Lipinski definition) is 1. The molecule has 0 saturated heterocycles. The Labute approximate surface area is 204 Å². The molecule has 0 bridgehead atoms. The minimum Gasteiger partial charge on any atom is -0.387 e. The number of alkyl halides is 21. The number of rotatable bonds is 14. The predicted octanol–water partition coefficient (Wildman–Crippen LogP) is 7.01. The molecular weight excluding hydrogens is 647 g/mol. The molecule has 40 heavy (non-hydrogen) atoms. The largest absolute Gasteiger partial charge is 0.527 e. The zero-order valence-electron chi connectivity index (χ0n) is 18.2. The molecule has 0 aromatic heterocycles. The zero-order valence-corrected chi connectivity index (χ0v) is 18.2. The third kappa shape index (κ3) is 7.21. The van der Waals surface area contributed by atoms with E-state index in [9.17, 15) is 92.2 Å². The summed E-state index contributed by atoms with van der Waals surface area (Å²) < 4.78 is 288. The van der Waals surface area contributed by atoms with Gasteiger partial charge < -0.3 is 5.11 Å². The van der Waals surface area contributed by atoms with Crippen molar-refractivity contribution in [3.8, 4) is 0 Å². The van der Waals surface area contributed by atoms with Gasteiger partial charge in [-0.3, -0.25) is 0 Å². The summed E-state index contributed by atoms with van der Waals surface area (Å²) in [6.45, 7) is -6.27. The van der Waals surface area contributed by atoms with Gasteiger partial charge in [0.1, 0.15) is 6.61 Å². The molecule has 0 spiro atoms. The van der Waals surface area contributed by atoms with Crippen molar-refractivity contribution in [1.82, 2.24) is 0 Å². The summed E-state index contributed by atoms with van der Waals surface area (Å²) in [7, 11) is 0. The Morgan fingerprint density at radius 2 is 0.650 bits per heavy atom. The molecule has 0 atom stereocenters. The van der Waals surface area contributed by atoms with Crippen molar-refractivity contribution >= 4 is 0 Å². The first-order chi connectivity index (χ1) is 16.9. The van der Waals surface area contributed by atoms with E-state index in [0.717, 1.165) is 0 Å². The van der Waals surface area contributed by atoms with Crippen LogP contribution >= 0.6 is 0 Å². The lowest BCUT2D eigenvalue weighted by Crippen LogP contribution is -2.74. The van der Waals surface area contributed by atoms with E-state index in [1.807, 2.05) is 4.74 Å². The van der Waals surface area contributed by atoms with Gasteiger partial charge in [-0.2, -0.15) is 61.5 Å². The first-order valence-electron chi connectivity index (χ1n) is 8.77. The maximum absolute atomic E-state index is 14.4. The van der Waals surface area contributed by atoms with Gasteiger partial charge in [-0.05, 0) is 0 Å².